The van der Waals surface area contributed by atoms with E-state index in [4.69, 9.17) is 4.74 Å². The fourth-order valence-corrected chi connectivity index (χ4v) is 3.29. The number of benzene rings is 1. The lowest BCUT2D eigenvalue weighted by Crippen LogP contribution is -2.40. The number of rotatable bonds is 2. The van der Waals surface area contributed by atoms with Crippen molar-refractivity contribution < 1.29 is 4.74 Å². The van der Waals surface area contributed by atoms with Crippen molar-refractivity contribution in [1.82, 2.24) is 10.2 Å². The highest BCUT2D eigenvalue weighted by Crippen LogP contribution is 2.36. The average molecular weight is 260 g/mol. The Morgan fingerprint density at radius 3 is 3.16 bits per heavy atom. The van der Waals surface area contributed by atoms with Gasteiger partial charge in [0.25, 0.3) is 0 Å². The number of hydrogen-bond acceptors (Lipinski definition) is 3. The van der Waals surface area contributed by atoms with E-state index in [0.29, 0.717) is 12.1 Å². The Morgan fingerprint density at radius 1 is 1.37 bits per heavy atom. The summed E-state index contributed by atoms with van der Waals surface area (Å²) < 4.78 is 5.79. The molecule has 2 atom stereocenters. The zero-order valence-electron chi connectivity index (χ0n) is 11.8. The fourth-order valence-electron chi connectivity index (χ4n) is 3.29. The molecule has 2 aliphatic heterocycles. The van der Waals surface area contributed by atoms with Crippen LogP contribution in [0.2, 0.25) is 0 Å². The minimum atomic E-state index is 0.541. The van der Waals surface area contributed by atoms with E-state index in [0.717, 1.165) is 31.9 Å². The molecule has 2 aliphatic rings. The quantitative estimate of drug-likeness (QED) is 0.884. The average Bonchev–Trinajstić information content (AvgIpc) is 2.72. The third-order valence-corrected chi connectivity index (χ3v) is 4.37. The van der Waals surface area contributed by atoms with Gasteiger partial charge in [0.1, 0.15) is 5.75 Å². The van der Waals surface area contributed by atoms with E-state index in [1.807, 2.05) is 0 Å². The monoisotopic (exact) mass is 260 g/mol. The molecule has 1 aromatic carbocycles. The van der Waals surface area contributed by atoms with Crippen molar-refractivity contribution in [1.29, 1.82) is 0 Å². The first-order chi connectivity index (χ1) is 9.38. The van der Waals surface area contributed by atoms with Crippen molar-refractivity contribution in [3.8, 4) is 5.75 Å². The third-order valence-electron chi connectivity index (χ3n) is 4.37. The van der Waals surface area contributed by atoms with Crippen LogP contribution in [0.25, 0.3) is 0 Å². The fraction of sp³-hybridized carbons (Fsp3) is 0.625. The Labute approximate surface area is 115 Å². The standard InChI is InChI=1S/C16H24N2O/c1-2-13-12-18(10-5-9-17-13)15-8-11-19-16-7-4-3-6-14(15)16/h3-4,6-7,13,15,17H,2,5,8-12H2,1H3. The van der Waals surface area contributed by atoms with Gasteiger partial charge in [0.15, 0.2) is 0 Å². The van der Waals surface area contributed by atoms with Gasteiger partial charge in [-0.2, -0.15) is 0 Å². The van der Waals surface area contributed by atoms with Crippen LogP contribution in [0.5, 0.6) is 5.75 Å². The topological polar surface area (TPSA) is 24.5 Å². The summed E-state index contributed by atoms with van der Waals surface area (Å²) in [6.45, 7) is 6.64. The molecule has 0 bridgehead atoms. The van der Waals surface area contributed by atoms with Gasteiger partial charge in [0.05, 0.1) is 6.61 Å². The molecule has 19 heavy (non-hydrogen) atoms. The minimum absolute atomic E-state index is 0.541. The Kier molecular flexibility index (Phi) is 4.04. The molecule has 0 spiro atoms. The molecule has 0 radical (unpaired) electrons. The van der Waals surface area contributed by atoms with E-state index < -0.39 is 0 Å². The molecule has 0 saturated carbocycles. The maximum Gasteiger partial charge on any atom is 0.124 e. The first-order valence-corrected chi connectivity index (χ1v) is 7.57. The summed E-state index contributed by atoms with van der Waals surface area (Å²) in [5, 5.41) is 3.65. The van der Waals surface area contributed by atoms with Crippen molar-refractivity contribution >= 4 is 0 Å². The summed E-state index contributed by atoms with van der Waals surface area (Å²) >= 11 is 0. The summed E-state index contributed by atoms with van der Waals surface area (Å²) in [4.78, 5) is 2.66. The van der Waals surface area contributed by atoms with Gasteiger partial charge in [0.2, 0.25) is 0 Å². The lowest BCUT2D eigenvalue weighted by molar-refractivity contribution is 0.137. The van der Waals surface area contributed by atoms with E-state index in [1.165, 1.54) is 24.9 Å². The SMILES string of the molecule is CCC1CN(C2CCOc3ccccc32)CCCN1. The molecule has 3 nitrogen and oxygen atoms in total. The normalized spacial score (nSPS) is 28.3. The second-order valence-corrected chi connectivity index (χ2v) is 5.60. The summed E-state index contributed by atoms with van der Waals surface area (Å²) in [5.74, 6) is 1.09. The summed E-state index contributed by atoms with van der Waals surface area (Å²) in [6, 6.07) is 9.72. The van der Waals surface area contributed by atoms with Crippen LogP contribution in [-0.4, -0.2) is 37.2 Å². The van der Waals surface area contributed by atoms with Crippen LogP contribution < -0.4 is 10.1 Å². The Bertz CT molecular complexity index is 421. The Hall–Kier alpha value is -1.06. The molecule has 0 amide bonds. The molecule has 104 valence electrons. The molecule has 1 N–H and O–H groups in total. The van der Waals surface area contributed by atoms with Crippen molar-refractivity contribution in [2.45, 2.75) is 38.3 Å². The third kappa shape index (κ3) is 2.77. The lowest BCUT2D eigenvalue weighted by Gasteiger charge is -2.36. The van der Waals surface area contributed by atoms with Crippen molar-refractivity contribution in [3.63, 3.8) is 0 Å². The predicted octanol–water partition coefficient (Wildman–Crippen LogP) is 2.58. The highest BCUT2D eigenvalue weighted by atomic mass is 16.5. The number of ether oxygens (including phenoxy) is 1. The van der Waals surface area contributed by atoms with E-state index in [-0.39, 0.29) is 0 Å². The van der Waals surface area contributed by atoms with Gasteiger partial charge in [-0.25, -0.2) is 0 Å². The summed E-state index contributed by atoms with van der Waals surface area (Å²) in [5.41, 5.74) is 1.38. The molecule has 1 saturated heterocycles. The first-order valence-electron chi connectivity index (χ1n) is 7.57. The van der Waals surface area contributed by atoms with Crippen LogP contribution in [0.15, 0.2) is 24.3 Å². The number of para-hydroxylation sites is 1. The number of nitrogens with one attached hydrogen (secondary N) is 1. The summed E-state index contributed by atoms with van der Waals surface area (Å²) in [6.07, 6.45) is 3.57. The molecule has 1 aromatic rings. The van der Waals surface area contributed by atoms with E-state index >= 15 is 0 Å². The largest absolute Gasteiger partial charge is 0.493 e. The smallest absolute Gasteiger partial charge is 0.124 e. The zero-order valence-corrected chi connectivity index (χ0v) is 11.8. The lowest BCUT2D eigenvalue weighted by atomic mass is 9.98. The molecular formula is C16H24N2O. The second kappa shape index (κ2) is 5.93. The minimum Gasteiger partial charge on any atom is -0.493 e. The second-order valence-electron chi connectivity index (χ2n) is 5.60. The summed E-state index contributed by atoms with van der Waals surface area (Å²) in [7, 11) is 0. The van der Waals surface area contributed by atoms with Crippen LogP contribution in [0, 0.1) is 0 Å². The predicted molar refractivity (Wildman–Crippen MR) is 77.6 cm³/mol. The van der Waals surface area contributed by atoms with E-state index in [1.54, 1.807) is 0 Å². The van der Waals surface area contributed by atoms with Crippen molar-refractivity contribution in [3.05, 3.63) is 29.8 Å². The van der Waals surface area contributed by atoms with Crippen molar-refractivity contribution in [2.24, 2.45) is 0 Å². The molecule has 3 heteroatoms. The molecule has 2 heterocycles. The maximum absolute atomic E-state index is 5.79. The van der Waals surface area contributed by atoms with Gasteiger partial charge in [-0.05, 0) is 25.5 Å². The number of nitrogens with zero attached hydrogens (tertiary/aromatic N) is 1. The highest BCUT2D eigenvalue weighted by Gasteiger charge is 2.28. The number of hydrogen-bond donors (Lipinski definition) is 1. The molecule has 0 aromatic heterocycles. The van der Waals surface area contributed by atoms with Crippen LogP contribution in [0.3, 0.4) is 0 Å². The molecule has 3 rings (SSSR count). The molecule has 0 aliphatic carbocycles. The highest BCUT2D eigenvalue weighted by molar-refractivity contribution is 5.37. The molecule has 1 fully saturated rings. The molecular weight excluding hydrogens is 236 g/mol. The van der Waals surface area contributed by atoms with Gasteiger partial charge in [-0.3, -0.25) is 4.90 Å². The van der Waals surface area contributed by atoms with Gasteiger partial charge >= 0.3 is 0 Å². The van der Waals surface area contributed by atoms with Crippen LogP contribution in [-0.2, 0) is 0 Å². The zero-order chi connectivity index (χ0) is 13.1. The van der Waals surface area contributed by atoms with Crippen LogP contribution in [0.1, 0.15) is 37.8 Å². The van der Waals surface area contributed by atoms with Gasteiger partial charge in [0, 0.05) is 37.2 Å². The van der Waals surface area contributed by atoms with Gasteiger partial charge in [-0.1, -0.05) is 25.1 Å². The van der Waals surface area contributed by atoms with Gasteiger partial charge < -0.3 is 10.1 Å². The van der Waals surface area contributed by atoms with E-state index in [9.17, 15) is 0 Å². The Balaban J connectivity index is 1.81. The van der Waals surface area contributed by atoms with Crippen molar-refractivity contribution in [2.75, 3.05) is 26.2 Å². The van der Waals surface area contributed by atoms with Crippen LogP contribution >= 0.6 is 0 Å². The van der Waals surface area contributed by atoms with Crippen LogP contribution in [0.4, 0.5) is 0 Å². The molecule has 2 unspecified atom stereocenters. The Morgan fingerprint density at radius 2 is 2.26 bits per heavy atom. The number of fused-ring (bicyclic) bond motifs is 1. The van der Waals surface area contributed by atoms with Gasteiger partial charge in [-0.15, -0.1) is 0 Å². The van der Waals surface area contributed by atoms with E-state index in [2.05, 4.69) is 41.4 Å². The maximum atomic E-state index is 5.79. The first kappa shape index (κ1) is 12.9.